The van der Waals surface area contributed by atoms with Crippen molar-refractivity contribution in [1.82, 2.24) is 9.80 Å². The number of hydrogen-bond acceptors (Lipinski definition) is 3. The molecule has 20 heavy (non-hydrogen) atoms. The van der Waals surface area contributed by atoms with Crippen LogP contribution in [0.25, 0.3) is 0 Å². The summed E-state index contributed by atoms with van der Waals surface area (Å²) in [5.41, 5.74) is 0. The van der Waals surface area contributed by atoms with Crippen molar-refractivity contribution < 1.29 is 14.3 Å². The van der Waals surface area contributed by atoms with Gasteiger partial charge in [-0.15, -0.1) is 0 Å². The SMILES string of the molecule is CCCCOC(=O)N1CCC[C@H]1C(=O)N1CCC[C@H]1C. The van der Waals surface area contributed by atoms with Crippen LogP contribution in [0.2, 0.25) is 0 Å². The Morgan fingerprint density at radius 2 is 1.85 bits per heavy atom. The minimum Gasteiger partial charge on any atom is -0.449 e. The van der Waals surface area contributed by atoms with E-state index in [1.165, 1.54) is 0 Å². The maximum atomic E-state index is 12.6. The number of nitrogens with zero attached hydrogens (tertiary/aromatic N) is 2. The highest BCUT2D eigenvalue weighted by Crippen LogP contribution is 2.25. The number of likely N-dealkylation sites (tertiary alicyclic amines) is 2. The van der Waals surface area contributed by atoms with Gasteiger partial charge < -0.3 is 9.64 Å². The second-order valence-electron chi connectivity index (χ2n) is 5.84. The fraction of sp³-hybridized carbons (Fsp3) is 0.867. The maximum absolute atomic E-state index is 12.6. The summed E-state index contributed by atoms with van der Waals surface area (Å²) in [6.07, 6.45) is 5.36. The van der Waals surface area contributed by atoms with Gasteiger partial charge in [0.15, 0.2) is 0 Å². The summed E-state index contributed by atoms with van der Waals surface area (Å²) in [7, 11) is 0. The quantitative estimate of drug-likeness (QED) is 0.744. The van der Waals surface area contributed by atoms with E-state index in [-0.39, 0.29) is 18.0 Å². The summed E-state index contributed by atoms with van der Waals surface area (Å²) in [6.45, 7) is 6.07. The van der Waals surface area contributed by atoms with Crippen LogP contribution in [-0.4, -0.2) is 53.6 Å². The zero-order chi connectivity index (χ0) is 14.5. The van der Waals surface area contributed by atoms with Crippen molar-refractivity contribution in [3.63, 3.8) is 0 Å². The molecule has 0 aromatic rings. The number of hydrogen-bond donors (Lipinski definition) is 0. The smallest absolute Gasteiger partial charge is 0.410 e. The molecule has 0 bridgehead atoms. The van der Waals surface area contributed by atoms with E-state index in [9.17, 15) is 9.59 Å². The Labute approximate surface area is 121 Å². The van der Waals surface area contributed by atoms with Gasteiger partial charge in [0.1, 0.15) is 6.04 Å². The highest BCUT2D eigenvalue weighted by molar-refractivity contribution is 5.86. The van der Waals surface area contributed by atoms with Gasteiger partial charge in [0, 0.05) is 19.1 Å². The molecule has 0 saturated carbocycles. The monoisotopic (exact) mass is 282 g/mol. The first-order chi connectivity index (χ1) is 9.65. The molecule has 5 heteroatoms. The molecule has 0 unspecified atom stereocenters. The number of carbonyl (C=O) groups excluding carboxylic acids is 2. The summed E-state index contributed by atoms with van der Waals surface area (Å²) in [4.78, 5) is 28.2. The lowest BCUT2D eigenvalue weighted by atomic mass is 10.2. The van der Waals surface area contributed by atoms with Crippen LogP contribution >= 0.6 is 0 Å². The van der Waals surface area contributed by atoms with Crippen molar-refractivity contribution in [3.8, 4) is 0 Å². The molecule has 2 rings (SSSR count). The van der Waals surface area contributed by atoms with Gasteiger partial charge >= 0.3 is 6.09 Å². The van der Waals surface area contributed by atoms with Gasteiger partial charge in [0.05, 0.1) is 6.61 Å². The van der Waals surface area contributed by atoms with Crippen LogP contribution in [-0.2, 0) is 9.53 Å². The Hall–Kier alpha value is -1.26. The lowest BCUT2D eigenvalue weighted by Gasteiger charge is -2.29. The topological polar surface area (TPSA) is 49.9 Å². The van der Waals surface area contributed by atoms with Crippen LogP contribution in [0.15, 0.2) is 0 Å². The number of ether oxygens (including phenoxy) is 1. The predicted octanol–water partition coefficient (Wildman–Crippen LogP) is 2.40. The Morgan fingerprint density at radius 1 is 1.15 bits per heavy atom. The van der Waals surface area contributed by atoms with Gasteiger partial charge in [-0.1, -0.05) is 13.3 Å². The van der Waals surface area contributed by atoms with Gasteiger partial charge in [0.2, 0.25) is 5.91 Å². The lowest BCUT2D eigenvalue weighted by Crippen LogP contribution is -2.48. The Balaban J connectivity index is 1.92. The summed E-state index contributed by atoms with van der Waals surface area (Å²) < 4.78 is 5.25. The Morgan fingerprint density at radius 3 is 2.50 bits per heavy atom. The van der Waals surface area contributed by atoms with E-state index in [0.717, 1.165) is 45.1 Å². The normalized spacial score (nSPS) is 26.1. The number of carbonyl (C=O) groups is 2. The fourth-order valence-electron chi connectivity index (χ4n) is 3.08. The summed E-state index contributed by atoms with van der Waals surface area (Å²) in [5.74, 6) is 0.111. The van der Waals surface area contributed by atoms with Crippen molar-refractivity contribution in [3.05, 3.63) is 0 Å². The molecule has 2 heterocycles. The predicted molar refractivity (Wildman–Crippen MR) is 76.4 cm³/mol. The van der Waals surface area contributed by atoms with Gasteiger partial charge in [0.25, 0.3) is 0 Å². The third-order valence-electron chi connectivity index (χ3n) is 4.33. The molecule has 2 atom stereocenters. The van der Waals surface area contributed by atoms with Crippen LogP contribution in [0.5, 0.6) is 0 Å². The summed E-state index contributed by atoms with van der Waals surface area (Å²) in [5, 5.41) is 0. The highest BCUT2D eigenvalue weighted by atomic mass is 16.6. The van der Waals surface area contributed by atoms with Crippen LogP contribution in [0.1, 0.15) is 52.4 Å². The van der Waals surface area contributed by atoms with Gasteiger partial charge in [-0.3, -0.25) is 9.69 Å². The molecular weight excluding hydrogens is 256 g/mol. The molecule has 0 aliphatic carbocycles. The average Bonchev–Trinajstić information content (AvgIpc) is 3.06. The van der Waals surface area contributed by atoms with Crippen molar-refractivity contribution in [1.29, 1.82) is 0 Å². The molecular formula is C15H26N2O3. The zero-order valence-electron chi connectivity index (χ0n) is 12.6. The van der Waals surface area contributed by atoms with Crippen molar-refractivity contribution >= 4 is 12.0 Å². The van der Waals surface area contributed by atoms with E-state index in [2.05, 4.69) is 13.8 Å². The Kier molecular flexibility index (Phi) is 5.26. The number of rotatable bonds is 4. The second-order valence-corrected chi connectivity index (χ2v) is 5.84. The van der Waals surface area contributed by atoms with Gasteiger partial charge in [-0.2, -0.15) is 0 Å². The van der Waals surface area contributed by atoms with E-state index in [1.54, 1.807) is 4.90 Å². The standard InChI is InChI=1S/C15H26N2O3/c1-3-4-11-20-15(19)17-10-6-8-13(17)14(18)16-9-5-7-12(16)2/h12-13H,3-11H2,1-2H3/t12-,13+/m1/s1. The van der Waals surface area contributed by atoms with Crippen LogP contribution < -0.4 is 0 Å². The summed E-state index contributed by atoms with van der Waals surface area (Å²) >= 11 is 0. The highest BCUT2D eigenvalue weighted by Gasteiger charge is 2.39. The minimum atomic E-state index is -0.318. The van der Waals surface area contributed by atoms with Crippen LogP contribution in [0.4, 0.5) is 4.79 Å². The molecule has 2 amide bonds. The number of unbranched alkanes of at least 4 members (excludes halogenated alkanes) is 1. The molecule has 0 radical (unpaired) electrons. The molecule has 0 aromatic carbocycles. The molecule has 0 N–H and O–H groups in total. The summed E-state index contributed by atoms with van der Waals surface area (Å²) in [6, 6.07) is 0.00531. The molecule has 2 aliphatic heterocycles. The van der Waals surface area contributed by atoms with Crippen molar-refractivity contribution in [2.75, 3.05) is 19.7 Å². The first-order valence-electron chi connectivity index (χ1n) is 7.89. The van der Waals surface area contributed by atoms with Gasteiger partial charge in [-0.05, 0) is 39.0 Å². The first kappa shape index (κ1) is 15.1. The molecule has 0 spiro atoms. The molecule has 114 valence electrons. The third kappa shape index (κ3) is 3.25. The van der Waals surface area contributed by atoms with E-state index in [1.807, 2.05) is 4.90 Å². The molecule has 2 saturated heterocycles. The maximum Gasteiger partial charge on any atom is 0.410 e. The largest absolute Gasteiger partial charge is 0.449 e. The third-order valence-corrected chi connectivity index (χ3v) is 4.33. The molecule has 2 aliphatic rings. The van der Waals surface area contributed by atoms with Gasteiger partial charge in [-0.25, -0.2) is 4.79 Å². The van der Waals surface area contributed by atoms with Crippen LogP contribution in [0, 0.1) is 0 Å². The first-order valence-corrected chi connectivity index (χ1v) is 7.89. The van der Waals surface area contributed by atoms with Crippen molar-refractivity contribution in [2.24, 2.45) is 0 Å². The second kappa shape index (κ2) is 6.95. The van der Waals surface area contributed by atoms with E-state index >= 15 is 0 Å². The zero-order valence-corrected chi connectivity index (χ0v) is 12.6. The van der Waals surface area contributed by atoms with Crippen molar-refractivity contribution in [2.45, 2.75) is 64.5 Å². The van der Waals surface area contributed by atoms with E-state index in [0.29, 0.717) is 19.2 Å². The fourth-order valence-corrected chi connectivity index (χ4v) is 3.08. The Bertz CT molecular complexity index is 359. The van der Waals surface area contributed by atoms with E-state index in [4.69, 9.17) is 4.74 Å². The lowest BCUT2D eigenvalue weighted by molar-refractivity contribution is -0.136. The minimum absolute atomic E-state index is 0.111. The van der Waals surface area contributed by atoms with E-state index < -0.39 is 0 Å². The number of amides is 2. The average molecular weight is 282 g/mol. The molecule has 0 aromatic heterocycles. The van der Waals surface area contributed by atoms with Crippen LogP contribution in [0.3, 0.4) is 0 Å². The molecule has 5 nitrogen and oxygen atoms in total. The molecule has 2 fully saturated rings.